The van der Waals surface area contributed by atoms with Crippen molar-refractivity contribution in [1.82, 2.24) is 0 Å². The predicted molar refractivity (Wildman–Crippen MR) is 256 cm³/mol. The monoisotopic (exact) mass is 889 g/mol. The Morgan fingerprint density at radius 3 is 1.23 bits per heavy atom. The third-order valence-electron chi connectivity index (χ3n) is 11.7. The summed E-state index contributed by atoms with van der Waals surface area (Å²) in [5, 5.41) is 18.4. The summed E-state index contributed by atoms with van der Waals surface area (Å²) < 4.78 is 33.5. The number of ether oxygens (including phenoxy) is 2. The number of unbranched alkanes of at least 4 members (excludes halogenated alkanes) is 35. The van der Waals surface area contributed by atoms with Crippen molar-refractivity contribution in [2.45, 2.75) is 276 Å². The molecule has 3 unspecified atom stereocenters. The maximum Gasteiger partial charge on any atom is 0.472 e. The second-order valence-corrected chi connectivity index (χ2v) is 19.4. The van der Waals surface area contributed by atoms with Crippen molar-refractivity contribution in [3.05, 3.63) is 12.2 Å². The van der Waals surface area contributed by atoms with Gasteiger partial charge in [0.2, 0.25) is 0 Å². The van der Waals surface area contributed by atoms with E-state index >= 15 is 0 Å². The Kier molecular flexibility index (Phi) is 48.0. The van der Waals surface area contributed by atoms with Crippen molar-refractivity contribution in [3.8, 4) is 0 Å². The minimum absolute atomic E-state index is 0.0524. The lowest BCUT2D eigenvalue weighted by Gasteiger charge is -2.20. The SMILES string of the molecule is CCCCCCCCC/C=C\CCCCCCCC(=O)OC(COCCCCCCCCCCCCCCCCCCCCCCCCCC)COP(=O)(O)OCC(O)CO. The highest BCUT2D eigenvalue weighted by Gasteiger charge is 2.26. The zero-order valence-corrected chi connectivity index (χ0v) is 41.1. The van der Waals surface area contributed by atoms with Gasteiger partial charge < -0.3 is 24.6 Å². The highest BCUT2D eigenvalue weighted by molar-refractivity contribution is 7.47. The van der Waals surface area contributed by atoms with E-state index in [-0.39, 0.29) is 25.6 Å². The van der Waals surface area contributed by atoms with E-state index in [0.29, 0.717) is 6.61 Å². The van der Waals surface area contributed by atoms with Crippen LogP contribution in [0.25, 0.3) is 0 Å². The fraction of sp³-hybridized carbons (Fsp3) is 0.941. The third-order valence-corrected chi connectivity index (χ3v) is 12.7. The van der Waals surface area contributed by atoms with Gasteiger partial charge in [-0.15, -0.1) is 0 Å². The van der Waals surface area contributed by atoms with Crippen LogP contribution in [-0.2, 0) is 27.9 Å². The van der Waals surface area contributed by atoms with Crippen LogP contribution in [0.2, 0.25) is 0 Å². The van der Waals surface area contributed by atoms with Gasteiger partial charge >= 0.3 is 13.8 Å². The fourth-order valence-corrected chi connectivity index (χ4v) is 8.50. The first kappa shape index (κ1) is 60.2. The van der Waals surface area contributed by atoms with E-state index in [9.17, 15) is 19.4 Å². The van der Waals surface area contributed by atoms with Crippen LogP contribution in [0.1, 0.15) is 264 Å². The second-order valence-electron chi connectivity index (χ2n) is 17.9. The maximum atomic E-state index is 12.7. The van der Waals surface area contributed by atoms with Gasteiger partial charge in [0.15, 0.2) is 0 Å². The fourth-order valence-electron chi connectivity index (χ4n) is 7.71. The molecule has 61 heavy (non-hydrogen) atoms. The summed E-state index contributed by atoms with van der Waals surface area (Å²) in [6.07, 6.45) is 51.9. The van der Waals surface area contributed by atoms with E-state index in [2.05, 4.69) is 26.0 Å². The Hall–Kier alpha value is -0.800. The van der Waals surface area contributed by atoms with Gasteiger partial charge in [-0.25, -0.2) is 4.57 Å². The first-order valence-corrected chi connectivity index (χ1v) is 27.7. The molecular formula is C51H101O9P. The van der Waals surface area contributed by atoms with Gasteiger partial charge in [0.1, 0.15) is 12.2 Å². The molecule has 0 saturated heterocycles. The second kappa shape index (κ2) is 48.7. The molecule has 0 aliphatic heterocycles. The normalized spacial score (nSPS) is 13.9. The van der Waals surface area contributed by atoms with Gasteiger partial charge in [-0.3, -0.25) is 13.8 Å². The summed E-state index contributed by atoms with van der Waals surface area (Å²) in [5.74, 6) is -0.385. The van der Waals surface area contributed by atoms with Crippen LogP contribution in [0.4, 0.5) is 0 Å². The minimum Gasteiger partial charge on any atom is -0.457 e. The number of aliphatic hydroxyl groups excluding tert-OH is 2. The molecule has 0 bridgehead atoms. The van der Waals surface area contributed by atoms with Gasteiger partial charge in [-0.2, -0.15) is 0 Å². The van der Waals surface area contributed by atoms with Crippen LogP contribution in [-0.4, -0.2) is 66.3 Å². The highest BCUT2D eigenvalue weighted by Crippen LogP contribution is 2.43. The molecular weight excluding hydrogens is 788 g/mol. The molecule has 0 rings (SSSR count). The lowest BCUT2D eigenvalue weighted by molar-refractivity contribution is -0.154. The number of phosphoric ester groups is 1. The van der Waals surface area contributed by atoms with E-state index in [1.54, 1.807) is 0 Å². The number of rotatable bonds is 51. The van der Waals surface area contributed by atoms with Crippen LogP contribution >= 0.6 is 7.82 Å². The van der Waals surface area contributed by atoms with Gasteiger partial charge in [0.05, 0.1) is 26.4 Å². The number of hydrogen-bond acceptors (Lipinski definition) is 8. The molecule has 0 saturated carbocycles. The Balaban J connectivity index is 3.99. The number of hydrogen-bond donors (Lipinski definition) is 3. The molecule has 364 valence electrons. The van der Waals surface area contributed by atoms with Gasteiger partial charge in [-0.05, 0) is 38.5 Å². The Labute approximate surface area is 377 Å². The first-order chi connectivity index (χ1) is 29.8. The molecule has 0 aromatic carbocycles. The number of allylic oxidation sites excluding steroid dienone is 2. The van der Waals surface area contributed by atoms with Crippen molar-refractivity contribution < 1.29 is 43.0 Å². The van der Waals surface area contributed by atoms with E-state index in [1.165, 1.54) is 193 Å². The molecule has 0 radical (unpaired) electrons. The first-order valence-electron chi connectivity index (χ1n) is 26.2. The van der Waals surface area contributed by atoms with Crippen LogP contribution < -0.4 is 0 Å². The van der Waals surface area contributed by atoms with Crippen LogP contribution in [0.15, 0.2) is 12.2 Å². The summed E-state index contributed by atoms with van der Waals surface area (Å²) >= 11 is 0. The van der Waals surface area contributed by atoms with Crippen molar-refractivity contribution in [2.24, 2.45) is 0 Å². The summed E-state index contributed by atoms with van der Waals surface area (Å²) in [7, 11) is -4.52. The van der Waals surface area contributed by atoms with Crippen LogP contribution in [0, 0.1) is 0 Å². The summed E-state index contributed by atoms with van der Waals surface area (Å²) in [6.45, 7) is 3.57. The molecule has 10 heteroatoms. The number of esters is 1. The van der Waals surface area contributed by atoms with E-state index in [0.717, 1.165) is 51.4 Å². The van der Waals surface area contributed by atoms with Crippen LogP contribution in [0.5, 0.6) is 0 Å². The van der Waals surface area contributed by atoms with Crippen molar-refractivity contribution in [2.75, 3.05) is 33.0 Å². The van der Waals surface area contributed by atoms with Crippen LogP contribution in [0.3, 0.4) is 0 Å². The minimum atomic E-state index is -4.52. The Morgan fingerprint density at radius 1 is 0.492 bits per heavy atom. The van der Waals surface area contributed by atoms with Crippen molar-refractivity contribution in [1.29, 1.82) is 0 Å². The lowest BCUT2D eigenvalue weighted by Crippen LogP contribution is -2.29. The average Bonchev–Trinajstić information content (AvgIpc) is 3.25. The quantitative estimate of drug-likeness (QED) is 0.0236. The molecule has 0 fully saturated rings. The van der Waals surface area contributed by atoms with Gasteiger partial charge in [0.25, 0.3) is 0 Å². The predicted octanol–water partition coefficient (Wildman–Crippen LogP) is 15.2. The zero-order chi connectivity index (χ0) is 44.6. The largest absolute Gasteiger partial charge is 0.472 e. The third kappa shape index (κ3) is 48.5. The summed E-state index contributed by atoms with van der Waals surface area (Å²) in [6, 6.07) is 0. The number of carbonyl (C=O) groups is 1. The van der Waals surface area contributed by atoms with Crippen molar-refractivity contribution >= 4 is 13.8 Å². The Bertz CT molecular complexity index is 964. The standard InChI is InChI=1S/C51H101O9P/c1-3-5-7-9-11-13-15-17-19-21-22-23-24-25-26-27-28-30-32-34-36-38-40-42-44-57-47-50(48-59-61(55,56)58-46-49(53)45-52)60-51(54)43-41-39-37-35-33-31-29-20-18-16-14-12-10-8-6-4-2/h20,29,49-50,52-53H,3-19,21-28,30-48H2,1-2H3,(H,55,56)/b29-20-. The molecule has 0 heterocycles. The lowest BCUT2D eigenvalue weighted by atomic mass is 10.0. The van der Waals surface area contributed by atoms with Gasteiger partial charge in [-0.1, -0.05) is 231 Å². The highest BCUT2D eigenvalue weighted by atomic mass is 31.2. The molecule has 0 aromatic heterocycles. The molecule has 3 N–H and O–H groups in total. The molecule has 0 aromatic rings. The molecule has 0 aliphatic carbocycles. The van der Waals surface area contributed by atoms with E-state index < -0.39 is 33.2 Å². The number of aliphatic hydroxyl groups is 2. The topological polar surface area (TPSA) is 132 Å². The molecule has 0 spiro atoms. The molecule has 0 amide bonds. The average molecular weight is 889 g/mol. The summed E-state index contributed by atoms with van der Waals surface area (Å²) in [4.78, 5) is 22.7. The van der Waals surface area contributed by atoms with E-state index in [4.69, 9.17) is 23.6 Å². The van der Waals surface area contributed by atoms with Crippen molar-refractivity contribution in [3.63, 3.8) is 0 Å². The van der Waals surface area contributed by atoms with E-state index in [1.807, 2.05) is 0 Å². The Morgan fingerprint density at radius 2 is 0.836 bits per heavy atom. The zero-order valence-electron chi connectivity index (χ0n) is 40.2. The molecule has 9 nitrogen and oxygen atoms in total. The van der Waals surface area contributed by atoms with Gasteiger partial charge in [0, 0.05) is 13.0 Å². The smallest absolute Gasteiger partial charge is 0.457 e. The number of carbonyl (C=O) groups excluding carboxylic acids is 1. The molecule has 0 aliphatic rings. The summed E-state index contributed by atoms with van der Waals surface area (Å²) in [5.41, 5.74) is 0. The number of phosphoric acid groups is 1. The maximum absolute atomic E-state index is 12.7. The molecule has 3 atom stereocenters.